The van der Waals surface area contributed by atoms with E-state index in [4.69, 9.17) is 4.74 Å². The Bertz CT molecular complexity index is 1160. The summed E-state index contributed by atoms with van der Waals surface area (Å²) in [5, 5.41) is 2.98. The molecule has 1 amide bonds. The monoisotopic (exact) mass is 452 g/mol. The Morgan fingerprint density at radius 2 is 1.56 bits per heavy atom. The summed E-state index contributed by atoms with van der Waals surface area (Å²) in [5.74, 6) is 0.656. The first-order valence-electron chi connectivity index (χ1n) is 10.3. The third kappa shape index (κ3) is 5.48. The minimum atomic E-state index is -3.65. The number of benzene rings is 3. The van der Waals surface area contributed by atoms with Crippen molar-refractivity contribution in [1.29, 1.82) is 0 Å². The van der Waals surface area contributed by atoms with Gasteiger partial charge in [-0.15, -0.1) is 0 Å². The van der Waals surface area contributed by atoms with Gasteiger partial charge in [-0.05, 0) is 61.4 Å². The molecule has 7 heteroatoms. The van der Waals surface area contributed by atoms with Crippen LogP contribution in [0.15, 0.2) is 77.7 Å². The molecule has 0 spiro atoms. The Labute approximate surface area is 189 Å². The first-order chi connectivity index (χ1) is 15.2. The van der Waals surface area contributed by atoms with Gasteiger partial charge >= 0.3 is 0 Å². The third-order valence-corrected chi connectivity index (χ3v) is 7.14. The molecule has 0 heterocycles. The van der Waals surface area contributed by atoms with Gasteiger partial charge in [0.25, 0.3) is 10.0 Å². The number of methoxy groups -OCH3 is 1. The summed E-state index contributed by atoms with van der Waals surface area (Å²) in [7, 11) is -0.518. The van der Waals surface area contributed by atoms with Crippen LogP contribution in [0.2, 0.25) is 0 Å². The Hall–Kier alpha value is -3.32. The summed E-state index contributed by atoms with van der Waals surface area (Å²) in [4.78, 5) is 12.7. The van der Waals surface area contributed by atoms with Gasteiger partial charge in [-0.1, -0.05) is 42.0 Å². The molecule has 0 radical (unpaired) electrons. The summed E-state index contributed by atoms with van der Waals surface area (Å²) in [6.07, 6.45) is 0.204. The van der Waals surface area contributed by atoms with Crippen molar-refractivity contribution in [2.24, 2.45) is 0 Å². The molecule has 6 nitrogen and oxygen atoms in total. The maximum Gasteiger partial charge on any atom is 0.264 e. The van der Waals surface area contributed by atoms with E-state index >= 15 is 0 Å². The zero-order valence-electron chi connectivity index (χ0n) is 18.7. The second kappa shape index (κ2) is 9.87. The Kier molecular flexibility index (Phi) is 7.20. The molecule has 1 N–H and O–H groups in total. The molecule has 1 atom stereocenters. The van der Waals surface area contributed by atoms with Crippen LogP contribution in [0, 0.1) is 6.92 Å². The largest absolute Gasteiger partial charge is 0.497 e. The molecule has 3 aromatic carbocycles. The van der Waals surface area contributed by atoms with Crippen molar-refractivity contribution in [3.05, 3.63) is 89.5 Å². The van der Waals surface area contributed by atoms with Crippen LogP contribution in [-0.4, -0.2) is 28.5 Å². The number of nitrogens with one attached hydrogen (secondary N) is 1. The van der Waals surface area contributed by atoms with E-state index in [-0.39, 0.29) is 23.3 Å². The SMILES string of the molecule is COc1ccc([C@@H](C)NC(=O)Cc2ccc(N(C)S(=O)(=O)c3ccc(C)cc3)cc2)cc1. The number of sulfonamides is 1. The molecule has 0 aliphatic rings. The van der Waals surface area contributed by atoms with Crippen molar-refractivity contribution >= 4 is 21.6 Å². The lowest BCUT2D eigenvalue weighted by Gasteiger charge is -2.20. The van der Waals surface area contributed by atoms with Crippen molar-refractivity contribution < 1.29 is 17.9 Å². The summed E-state index contributed by atoms with van der Waals surface area (Å²) in [6, 6.07) is 21.1. The van der Waals surface area contributed by atoms with Crippen LogP contribution in [0.3, 0.4) is 0 Å². The van der Waals surface area contributed by atoms with Gasteiger partial charge in [0.1, 0.15) is 5.75 Å². The van der Waals surface area contributed by atoms with Gasteiger partial charge in [-0.2, -0.15) is 0 Å². The lowest BCUT2D eigenvalue weighted by atomic mass is 10.1. The van der Waals surface area contributed by atoms with Crippen LogP contribution < -0.4 is 14.4 Å². The highest BCUT2D eigenvalue weighted by Crippen LogP contribution is 2.23. The van der Waals surface area contributed by atoms with E-state index in [2.05, 4.69) is 5.32 Å². The lowest BCUT2D eigenvalue weighted by molar-refractivity contribution is -0.121. The highest BCUT2D eigenvalue weighted by Gasteiger charge is 2.21. The van der Waals surface area contributed by atoms with Crippen LogP contribution in [0.4, 0.5) is 5.69 Å². The predicted molar refractivity (Wildman–Crippen MR) is 126 cm³/mol. The molecular formula is C25H28N2O4S. The van der Waals surface area contributed by atoms with Crippen molar-refractivity contribution in [3.8, 4) is 5.75 Å². The number of aryl methyl sites for hydroxylation is 1. The maximum absolute atomic E-state index is 12.9. The molecule has 0 aliphatic carbocycles. The van der Waals surface area contributed by atoms with Crippen molar-refractivity contribution in [2.75, 3.05) is 18.5 Å². The second-order valence-corrected chi connectivity index (χ2v) is 9.66. The zero-order chi connectivity index (χ0) is 23.3. The first kappa shape index (κ1) is 23.3. The molecule has 32 heavy (non-hydrogen) atoms. The van der Waals surface area contributed by atoms with E-state index in [0.29, 0.717) is 5.69 Å². The van der Waals surface area contributed by atoms with Gasteiger partial charge < -0.3 is 10.1 Å². The van der Waals surface area contributed by atoms with Crippen LogP contribution in [0.1, 0.15) is 29.7 Å². The average Bonchev–Trinajstić information content (AvgIpc) is 2.79. The lowest BCUT2D eigenvalue weighted by Crippen LogP contribution is -2.28. The highest BCUT2D eigenvalue weighted by molar-refractivity contribution is 7.92. The normalized spacial score (nSPS) is 12.1. The van der Waals surface area contributed by atoms with Crippen LogP contribution in [-0.2, 0) is 21.2 Å². The molecule has 0 saturated carbocycles. The molecular weight excluding hydrogens is 424 g/mol. The first-order valence-corrected chi connectivity index (χ1v) is 11.7. The number of amides is 1. The summed E-state index contributed by atoms with van der Waals surface area (Å²) in [5.41, 5.74) is 3.31. The zero-order valence-corrected chi connectivity index (χ0v) is 19.5. The second-order valence-electron chi connectivity index (χ2n) is 7.69. The van der Waals surface area contributed by atoms with Crippen molar-refractivity contribution in [2.45, 2.75) is 31.2 Å². The molecule has 0 aromatic heterocycles. The Morgan fingerprint density at radius 1 is 0.969 bits per heavy atom. The van der Waals surface area contributed by atoms with Gasteiger partial charge in [-0.3, -0.25) is 9.10 Å². The van der Waals surface area contributed by atoms with Crippen LogP contribution >= 0.6 is 0 Å². The van der Waals surface area contributed by atoms with E-state index in [1.165, 1.54) is 11.4 Å². The van der Waals surface area contributed by atoms with Crippen molar-refractivity contribution in [3.63, 3.8) is 0 Å². The number of rotatable bonds is 8. The average molecular weight is 453 g/mol. The number of anilines is 1. The van der Waals surface area contributed by atoms with Crippen molar-refractivity contribution in [1.82, 2.24) is 5.32 Å². The highest BCUT2D eigenvalue weighted by atomic mass is 32.2. The molecule has 0 aliphatic heterocycles. The topological polar surface area (TPSA) is 75.7 Å². The molecule has 3 aromatic rings. The fourth-order valence-electron chi connectivity index (χ4n) is 3.28. The maximum atomic E-state index is 12.9. The summed E-state index contributed by atoms with van der Waals surface area (Å²) >= 11 is 0. The fourth-order valence-corrected chi connectivity index (χ4v) is 4.48. The van der Waals surface area contributed by atoms with Gasteiger partial charge in [0.15, 0.2) is 0 Å². The smallest absolute Gasteiger partial charge is 0.264 e. The van der Waals surface area contributed by atoms with E-state index in [1.807, 2.05) is 38.1 Å². The summed E-state index contributed by atoms with van der Waals surface area (Å²) in [6.45, 7) is 3.83. The molecule has 0 fully saturated rings. The standard InChI is InChI=1S/C25H28N2O4S/c1-18-5-15-24(16-6-18)32(29,30)27(3)22-11-7-20(8-12-22)17-25(28)26-19(2)21-9-13-23(31-4)14-10-21/h5-16,19H,17H2,1-4H3,(H,26,28)/t19-/m1/s1. The van der Waals surface area contributed by atoms with Gasteiger partial charge in [0.05, 0.1) is 30.2 Å². The predicted octanol–water partition coefficient (Wildman–Crippen LogP) is 4.25. The Balaban J connectivity index is 1.63. The van der Waals surface area contributed by atoms with E-state index in [1.54, 1.807) is 55.6 Å². The molecule has 0 bridgehead atoms. The number of carbonyl (C=O) groups is 1. The van der Waals surface area contributed by atoms with E-state index in [0.717, 1.165) is 22.4 Å². The summed E-state index contributed by atoms with van der Waals surface area (Å²) < 4.78 is 32.1. The molecule has 0 saturated heterocycles. The minimum absolute atomic E-state index is 0.110. The number of hydrogen-bond donors (Lipinski definition) is 1. The van der Waals surface area contributed by atoms with E-state index < -0.39 is 10.0 Å². The van der Waals surface area contributed by atoms with Crippen LogP contribution in [0.25, 0.3) is 0 Å². The molecule has 3 rings (SSSR count). The number of carbonyl (C=O) groups excluding carboxylic acids is 1. The quantitative estimate of drug-likeness (QED) is 0.554. The Morgan fingerprint density at radius 3 is 2.12 bits per heavy atom. The molecule has 0 unspecified atom stereocenters. The van der Waals surface area contributed by atoms with E-state index in [9.17, 15) is 13.2 Å². The van der Waals surface area contributed by atoms with Gasteiger partial charge in [0.2, 0.25) is 5.91 Å². The van der Waals surface area contributed by atoms with Crippen LogP contribution in [0.5, 0.6) is 5.75 Å². The third-order valence-electron chi connectivity index (χ3n) is 5.34. The van der Waals surface area contributed by atoms with Gasteiger partial charge in [-0.25, -0.2) is 8.42 Å². The number of nitrogens with zero attached hydrogens (tertiary/aromatic N) is 1. The number of ether oxygens (including phenoxy) is 1. The fraction of sp³-hybridized carbons (Fsp3) is 0.240. The number of hydrogen-bond acceptors (Lipinski definition) is 4. The van der Waals surface area contributed by atoms with Gasteiger partial charge in [0, 0.05) is 7.05 Å². The molecule has 168 valence electrons. The minimum Gasteiger partial charge on any atom is -0.497 e.